The van der Waals surface area contributed by atoms with Gasteiger partial charge in [0.1, 0.15) is 24.0 Å². The maximum atomic E-state index is 13.2. The molecule has 0 aliphatic heterocycles. The molecule has 0 aliphatic rings. The zero-order valence-corrected chi connectivity index (χ0v) is 10.6. The molecule has 0 bridgehead atoms. The number of benzene rings is 2. The van der Waals surface area contributed by atoms with E-state index in [-0.39, 0.29) is 24.3 Å². The quantitative estimate of drug-likeness (QED) is 0.915. The van der Waals surface area contributed by atoms with Gasteiger partial charge in [0, 0.05) is 11.6 Å². The Bertz CT molecular complexity index is 570. The first-order valence-electron chi connectivity index (χ1n) is 5.98. The van der Waals surface area contributed by atoms with Crippen molar-refractivity contribution in [2.75, 3.05) is 0 Å². The Morgan fingerprint density at radius 2 is 1.84 bits per heavy atom. The normalized spacial score (nSPS) is 12.2. The molecule has 0 radical (unpaired) electrons. The highest BCUT2D eigenvalue weighted by molar-refractivity contribution is 5.36. The molecule has 0 amide bonds. The van der Waals surface area contributed by atoms with E-state index in [0.717, 1.165) is 0 Å². The van der Waals surface area contributed by atoms with Gasteiger partial charge in [0.15, 0.2) is 0 Å². The van der Waals surface area contributed by atoms with Gasteiger partial charge in [0.25, 0.3) is 0 Å². The molecule has 0 saturated carbocycles. The van der Waals surface area contributed by atoms with E-state index < -0.39 is 0 Å². The Balaban J connectivity index is 2.15. The molecule has 2 nitrogen and oxygen atoms in total. The van der Waals surface area contributed by atoms with Gasteiger partial charge in [-0.2, -0.15) is 0 Å². The number of rotatable bonds is 4. The van der Waals surface area contributed by atoms with E-state index in [1.807, 2.05) is 0 Å². The van der Waals surface area contributed by atoms with E-state index in [1.165, 1.54) is 30.3 Å². The zero-order chi connectivity index (χ0) is 13.8. The fourth-order valence-electron chi connectivity index (χ4n) is 1.79. The number of halogens is 2. The lowest BCUT2D eigenvalue weighted by Gasteiger charge is -2.14. The highest BCUT2D eigenvalue weighted by Crippen LogP contribution is 2.25. The summed E-state index contributed by atoms with van der Waals surface area (Å²) in [5.41, 5.74) is 7.07. The van der Waals surface area contributed by atoms with Crippen LogP contribution in [0.3, 0.4) is 0 Å². The Kier molecular flexibility index (Phi) is 4.12. The molecule has 0 aliphatic carbocycles. The Hall–Kier alpha value is -1.94. The van der Waals surface area contributed by atoms with Crippen molar-refractivity contribution in [1.29, 1.82) is 0 Å². The summed E-state index contributed by atoms with van der Waals surface area (Å²) in [7, 11) is 0. The lowest BCUT2D eigenvalue weighted by atomic mass is 10.1. The van der Waals surface area contributed by atoms with Crippen molar-refractivity contribution < 1.29 is 13.5 Å². The standard InChI is InChI=1S/C15H15F2NO/c1-10(18)14-8-13(17)5-6-15(14)19-9-11-3-2-4-12(16)7-11/h2-8,10H,9,18H2,1H3/t10-/m0/s1. The molecule has 2 aromatic rings. The predicted octanol–water partition coefficient (Wildman–Crippen LogP) is 3.56. The van der Waals surface area contributed by atoms with Gasteiger partial charge in [0.2, 0.25) is 0 Å². The van der Waals surface area contributed by atoms with Crippen LogP contribution in [0.2, 0.25) is 0 Å². The summed E-state index contributed by atoms with van der Waals surface area (Å²) < 4.78 is 31.8. The summed E-state index contributed by atoms with van der Waals surface area (Å²) in [4.78, 5) is 0. The van der Waals surface area contributed by atoms with E-state index in [0.29, 0.717) is 16.9 Å². The van der Waals surface area contributed by atoms with Gasteiger partial charge in [-0.15, -0.1) is 0 Å². The molecule has 0 spiro atoms. The molecule has 100 valence electrons. The van der Waals surface area contributed by atoms with Crippen molar-refractivity contribution in [2.24, 2.45) is 5.73 Å². The van der Waals surface area contributed by atoms with Crippen LogP contribution in [0.25, 0.3) is 0 Å². The van der Waals surface area contributed by atoms with Gasteiger partial charge >= 0.3 is 0 Å². The second kappa shape index (κ2) is 5.80. The molecule has 0 unspecified atom stereocenters. The monoisotopic (exact) mass is 263 g/mol. The average molecular weight is 263 g/mol. The molecular formula is C15H15F2NO. The highest BCUT2D eigenvalue weighted by Gasteiger charge is 2.10. The third kappa shape index (κ3) is 3.51. The molecule has 1 atom stereocenters. The van der Waals surface area contributed by atoms with Crippen molar-refractivity contribution in [3.8, 4) is 5.75 Å². The van der Waals surface area contributed by atoms with Crippen LogP contribution < -0.4 is 10.5 Å². The third-order valence-electron chi connectivity index (χ3n) is 2.75. The lowest BCUT2D eigenvalue weighted by molar-refractivity contribution is 0.300. The van der Waals surface area contributed by atoms with Crippen molar-refractivity contribution >= 4 is 0 Å². The summed E-state index contributed by atoms with van der Waals surface area (Å²) >= 11 is 0. The van der Waals surface area contributed by atoms with Crippen molar-refractivity contribution in [1.82, 2.24) is 0 Å². The van der Waals surface area contributed by atoms with Gasteiger partial charge in [-0.25, -0.2) is 8.78 Å². The number of hydrogen-bond acceptors (Lipinski definition) is 2. The van der Waals surface area contributed by atoms with Crippen LogP contribution in [0, 0.1) is 11.6 Å². The summed E-state index contributed by atoms with van der Waals surface area (Å²) in [6.07, 6.45) is 0. The minimum Gasteiger partial charge on any atom is -0.489 e. The molecule has 19 heavy (non-hydrogen) atoms. The Morgan fingerprint density at radius 3 is 2.53 bits per heavy atom. The Morgan fingerprint density at radius 1 is 1.11 bits per heavy atom. The second-order valence-electron chi connectivity index (χ2n) is 4.39. The summed E-state index contributed by atoms with van der Waals surface area (Å²) in [5, 5.41) is 0. The van der Waals surface area contributed by atoms with Crippen LogP contribution in [0.5, 0.6) is 5.75 Å². The molecule has 0 fully saturated rings. The minimum absolute atomic E-state index is 0.211. The van der Waals surface area contributed by atoms with E-state index in [1.54, 1.807) is 19.1 Å². The Labute approximate surface area is 110 Å². The first-order valence-corrected chi connectivity index (χ1v) is 5.98. The molecule has 2 rings (SSSR count). The molecular weight excluding hydrogens is 248 g/mol. The van der Waals surface area contributed by atoms with Crippen molar-refractivity contribution in [2.45, 2.75) is 19.6 Å². The molecule has 0 saturated heterocycles. The van der Waals surface area contributed by atoms with Gasteiger partial charge in [-0.1, -0.05) is 12.1 Å². The van der Waals surface area contributed by atoms with E-state index in [9.17, 15) is 8.78 Å². The molecule has 0 aromatic heterocycles. The fourth-order valence-corrected chi connectivity index (χ4v) is 1.79. The average Bonchev–Trinajstić information content (AvgIpc) is 2.37. The number of ether oxygens (including phenoxy) is 1. The maximum Gasteiger partial charge on any atom is 0.124 e. The number of nitrogens with two attached hydrogens (primary N) is 1. The van der Waals surface area contributed by atoms with E-state index in [4.69, 9.17) is 10.5 Å². The summed E-state index contributed by atoms with van der Waals surface area (Å²) in [6.45, 7) is 1.97. The van der Waals surface area contributed by atoms with Gasteiger partial charge in [-0.05, 0) is 42.8 Å². The van der Waals surface area contributed by atoms with Crippen LogP contribution in [0.15, 0.2) is 42.5 Å². The van der Waals surface area contributed by atoms with Crippen LogP contribution in [-0.4, -0.2) is 0 Å². The van der Waals surface area contributed by atoms with Crippen molar-refractivity contribution in [3.05, 3.63) is 65.2 Å². The van der Waals surface area contributed by atoms with Crippen LogP contribution in [0.1, 0.15) is 24.1 Å². The minimum atomic E-state index is -0.356. The predicted molar refractivity (Wildman–Crippen MR) is 69.7 cm³/mol. The van der Waals surface area contributed by atoms with Gasteiger partial charge < -0.3 is 10.5 Å². The number of hydrogen-bond donors (Lipinski definition) is 1. The summed E-state index contributed by atoms with van der Waals surface area (Å²) in [6, 6.07) is 10.0. The third-order valence-corrected chi connectivity index (χ3v) is 2.75. The first kappa shape index (κ1) is 13.5. The van der Waals surface area contributed by atoms with Crippen LogP contribution in [-0.2, 0) is 6.61 Å². The van der Waals surface area contributed by atoms with Crippen molar-refractivity contribution in [3.63, 3.8) is 0 Å². The topological polar surface area (TPSA) is 35.2 Å². The van der Waals surface area contributed by atoms with E-state index >= 15 is 0 Å². The molecule has 0 heterocycles. The van der Waals surface area contributed by atoms with Gasteiger partial charge in [0.05, 0.1) is 0 Å². The summed E-state index contributed by atoms with van der Waals surface area (Å²) in [5.74, 6) is -0.154. The smallest absolute Gasteiger partial charge is 0.124 e. The van der Waals surface area contributed by atoms with Gasteiger partial charge in [-0.3, -0.25) is 0 Å². The lowest BCUT2D eigenvalue weighted by Crippen LogP contribution is -2.08. The second-order valence-corrected chi connectivity index (χ2v) is 4.39. The zero-order valence-electron chi connectivity index (χ0n) is 10.6. The molecule has 4 heteroatoms. The largest absolute Gasteiger partial charge is 0.489 e. The first-order chi connectivity index (χ1) is 9.06. The van der Waals surface area contributed by atoms with Crippen LogP contribution in [0.4, 0.5) is 8.78 Å². The SMILES string of the molecule is C[C@H](N)c1cc(F)ccc1OCc1cccc(F)c1. The van der Waals surface area contributed by atoms with E-state index in [2.05, 4.69) is 0 Å². The highest BCUT2D eigenvalue weighted by atomic mass is 19.1. The molecule has 2 aromatic carbocycles. The van der Waals surface area contributed by atoms with Crippen LogP contribution >= 0.6 is 0 Å². The maximum absolute atomic E-state index is 13.2. The fraction of sp³-hybridized carbons (Fsp3) is 0.200. The molecule has 2 N–H and O–H groups in total.